The van der Waals surface area contributed by atoms with Crippen molar-refractivity contribution in [3.63, 3.8) is 0 Å². The molecule has 0 N–H and O–H groups in total. The Kier molecular flexibility index (Phi) is 4.77. The third-order valence-electron chi connectivity index (χ3n) is 3.77. The summed E-state index contributed by atoms with van der Waals surface area (Å²) in [6, 6.07) is 3.62. The zero-order chi connectivity index (χ0) is 16.1. The lowest BCUT2D eigenvalue weighted by molar-refractivity contribution is 0.0636. The van der Waals surface area contributed by atoms with Gasteiger partial charge in [0.05, 0.1) is 43.4 Å². The predicted octanol–water partition coefficient (Wildman–Crippen LogP) is 1.15. The van der Waals surface area contributed by atoms with Gasteiger partial charge >= 0.3 is 0 Å². The molecule has 7 heteroatoms. The maximum atomic E-state index is 12.7. The Morgan fingerprint density at radius 2 is 2.26 bits per heavy atom. The van der Waals surface area contributed by atoms with Gasteiger partial charge in [0.1, 0.15) is 0 Å². The first kappa shape index (κ1) is 15.4. The predicted molar refractivity (Wildman–Crippen MR) is 83.5 cm³/mol. The first-order valence-electron chi connectivity index (χ1n) is 7.53. The van der Waals surface area contributed by atoms with E-state index in [-0.39, 0.29) is 11.8 Å². The second-order valence-electron chi connectivity index (χ2n) is 5.51. The second-order valence-corrected chi connectivity index (χ2v) is 5.51. The summed E-state index contributed by atoms with van der Waals surface area (Å²) in [5, 5.41) is 11.8. The van der Waals surface area contributed by atoms with Crippen molar-refractivity contribution in [3.8, 4) is 0 Å². The van der Waals surface area contributed by atoms with Gasteiger partial charge in [-0.1, -0.05) is 6.08 Å². The molecule has 1 aliphatic rings. The molecule has 0 spiro atoms. The number of fused-ring (bicyclic) bond motifs is 1. The summed E-state index contributed by atoms with van der Waals surface area (Å²) in [5.74, 6) is 0.123. The Bertz CT molecular complexity index is 670. The highest BCUT2D eigenvalue weighted by Crippen LogP contribution is 2.18. The summed E-state index contributed by atoms with van der Waals surface area (Å²) in [4.78, 5) is 14.6. The molecule has 0 radical (unpaired) electrons. The highest BCUT2D eigenvalue weighted by Gasteiger charge is 2.26. The molecule has 7 nitrogen and oxygen atoms in total. The Balaban J connectivity index is 1.79. The second kappa shape index (κ2) is 7.15. The highest BCUT2D eigenvalue weighted by atomic mass is 16.5. The normalized spacial score (nSPS) is 17.4. The molecule has 1 amide bonds. The van der Waals surface area contributed by atoms with Crippen molar-refractivity contribution in [2.45, 2.75) is 13.1 Å². The number of hydrogen-bond donors (Lipinski definition) is 0. The summed E-state index contributed by atoms with van der Waals surface area (Å²) < 4.78 is 7.53. The van der Waals surface area contributed by atoms with Crippen molar-refractivity contribution >= 4 is 5.91 Å². The molecule has 3 heterocycles. The van der Waals surface area contributed by atoms with Gasteiger partial charge in [-0.25, -0.2) is 0 Å². The zero-order valence-electron chi connectivity index (χ0n) is 12.8. The van der Waals surface area contributed by atoms with E-state index in [1.54, 1.807) is 18.3 Å². The van der Waals surface area contributed by atoms with Crippen molar-refractivity contribution in [3.05, 3.63) is 54.6 Å². The molecule has 0 saturated carbocycles. The lowest BCUT2D eigenvalue weighted by Crippen LogP contribution is -2.35. The summed E-state index contributed by atoms with van der Waals surface area (Å²) >= 11 is 0. The number of nitrogens with zero attached hydrogens (tertiary/aromatic N) is 5. The van der Waals surface area contributed by atoms with Crippen LogP contribution in [-0.4, -0.2) is 50.5 Å². The van der Waals surface area contributed by atoms with Crippen molar-refractivity contribution in [2.24, 2.45) is 5.92 Å². The molecule has 120 valence electrons. The molecule has 3 rings (SSSR count). The maximum absolute atomic E-state index is 12.7. The number of amides is 1. The largest absolute Gasteiger partial charge is 0.377 e. The van der Waals surface area contributed by atoms with Crippen LogP contribution in [0.15, 0.2) is 43.4 Å². The van der Waals surface area contributed by atoms with Gasteiger partial charge in [-0.05, 0) is 12.1 Å². The van der Waals surface area contributed by atoms with Crippen LogP contribution >= 0.6 is 0 Å². The first-order chi connectivity index (χ1) is 11.3. The van der Waals surface area contributed by atoms with Crippen molar-refractivity contribution in [1.29, 1.82) is 0 Å². The Morgan fingerprint density at radius 1 is 1.35 bits per heavy atom. The van der Waals surface area contributed by atoms with E-state index in [0.717, 1.165) is 12.2 Å². The quantitative estimate of drug-likeness (QED) is 0.611. The molecule has 0 aliphatic carbocycles. The van der Waals surface area contributed by atoms with Gasteiger partial charge in [-0.3, -0.25) is 9.48 Å². The number of carbonyl (C=O) groups is 1. The van der Waals surface area contributed by atoms with Gasteiger partial charge in [-0.15, -0.1) is 6.58 Å². The minimum absolute atomic E-state index is 0.0525. The van der Waals surface area contributed by atoms with E-state index in [9.17, 15) is 4.79 Å². The molecule has 0 aromatic carbocycles. The average molecular weight is 313 g/mol. The van der Waals surface area contributed by atoms with Crippen LogP contribution in [0.1, 0.15) is 16.1 Å². The summed E-state index contributed by atoms with van der Waals surface area (Å²) in [6.07, 6.45) is 6.51. The van der Waals surface area contributed by atoms with Crippen LogP contribution in [0.2, 0.25) is 0 Å². The Labute approximate surface area is 134 Å². The molecule has 2 aromatic rings. The maximum Gasteiger partial charge on any atom is 0.255 e. The van der Waals surface area contributed by atoms with E-state index in [2.05, 4.69) is 21.9 Å². The van der Waals surface area contributed by atoms with Crippen LogP contribution in [-0.2, 0) is 17.8 Å². The zero-order valence-corrected chi connectivity index (χ0v) is 12.8. The Hall–Kier alpha value is -2.54. The van der Waals surface area contributed by atoms with E-state index < -0.39 is 0 Å². The van der Waals surface area contributed by atoms with Gasteiger partial charge in [0.25, 0.3) is 5.91 Å². The van der Waals surface area contributed by atoms with Gasteiger partial charge in [0.2, 0.25) is 0 Å². The molecule has 0 bridgehead atoms. The molecular formula is C16H19N5O2. The fourth-order valence-corrected chi connectivity index (χ4v) is 2.71. The number of carbonyl (C=O) groups excluding carboxylic acids is 1. The average Bonchev–Trinajstić information content (AvgIpc) is 2.94. The molecule has 2 aromatic heterocycles. The first-order valence-corrected chi connectivity index (χ1v) is 7.53. The fourth-order valence-electron chi connectivity index (χ4n) is 2.71. The minimum atomic E-state index is -0.0525. The topological polar surface area (TPSA) is 73.1 Å². The van der Waals surface area contributed by atoms with Crippen LogP contribution in [0, 0.1) is 5.92 Å². The van der Waals surface area contributed by atoms with Crippen molar-refractivity contribution in [2.75, 3.05) is 19.8 Å². The third-order valence-corrected chi connectivity index (χ3v) is 3.77. The molecule has 0 fully saturated rings. The van der Waals surface area contributed by atoms with E-state index in [1.807, 2.05) is 15.6 Å². The molecule has 1 unspecified atom stereocenters. The summed E-state index contributed by atoms with van der Waals surface area (Å²) in [5.41, 5.74) is 1.56. The van der Waals surface area contributed by atoms with E-state index in [1.165, 1.54) is 12.4 Å². The minimum Gasteiger partial charge on any atom is -0.377 e. The number of hydrogen-bond acceptors (Lipinski definition) is 5. The number of aromatic nitrogens is 4. The van der Waals surface area contributed by atoms with Gasteiger partial charge in [0, 0.05) is 25.2 Å². The smallest absolute Gasteiger partial charge is 0.255 e. The van der Waals surface area contributed by atoms with Crippen molar-refractivity contribution in [1.82, 2.24) is 24.9 Å². The van der Waals surface area contributed by atoms with Crippen LogP contribution < -0.4 is 0 Å². The third kappa shape index (κ3) is 3.62. The van der Waals surface area contributed by atoms with Crippen LogP contribution in [0.5, 0.6) is 0 Å². The molecule has 1 atom stereocenters. The van der Waals surface area contributed by atoms with Crippen LogP contribution in [0.25, 0.3) is 0 Å². The highest BCUT2D eigenvalue weighted by molar-refractivity contribution is 5.93. The van der Waals surface area contributed by atoms with Crippen LogP contribution in [0.4, 0.5) is 0 Å². The van der Waals surface area contributed by atoms with E-state index in [0.29, 0.717) is 31.9 Å². The standard InChI is InChI=1S/C16H19N5O2/c1-2-7-23-12-13-9-20(11-15-4-6-19-21(15)10-13)16(22)14-3-5-17-18-8-14/h2-6,8,13H,1,7,9-12H2. The van der Waals surface area contributed by atoms with Crippen molar-refractivity contribution < 1.29 is 9.53 Å². The molecule has 23 heavy (non-hydrogen) atoms. The Morgan fingerprint density at radius 3 is 3.04 bits per heavy atom. The lowest BCUT2D eigenvalue weighted by Gasteiger charge is -2.24. The van der Waals surface area contributed by atoms with E-state index >= 15 is 0 Å². The molecule has 1 aliphatic heterocycles. The van der Waals surface area contributed by atoms with Gasteiger partial charge in [0.15, 0.2) is 0 Å². The fraction of sp³-hybridized carbons (Fsp3) is 0.375. The van der Waals surface area contributed by atoms with Crippen LogP contribution in [0.3, 0.4) is 0 Å². The lowest BCUT2D eigenvalue weighted by atomic mass is 10.1. The SMILES string of the molecule is C=CCOCC1CN(C(=O)c2ccnnc2)Cc2ccnn2C1. The number of ether oxygens (including phenoxy) is 1. The molecular weight excluding hydrogens is 294 g/mol. The molecule has 0 saturated heterocycles. The van der Waals surface area contributed by atoms with Gasteiger partial charge < -0.3 is 9.64 Å². The summed E-state index contributed by atoms with van der Waals surface area (Å²) in [6.45, 7) is 6.59. The number of rotatable bonds is 5. The van der Waals surface area contributed by atoms with E-state index in [4.69, 9.17) is 4.74 Å². The summed E-state index contributed by atoms with van der Waals surface area (Å²) in [7, 11) is 0. The van der Waals surface area contributed by atoms with Gasteiger partial charge in [-0.2, -0.15) is 15.3 Å². The monoisotopic (exact) mass is 313 g/mol.